The highest BCUT2D eigenvalue weighted by atomic mass is 19.4. The summed E-state index contributed by atoms with van der Waals surface area (Å²) in [6.07, 6.45) is 4.88. The Morgan fingerprint density at radius 3 is 2.64 bits per heavy atom. The molecule has 0 fully saturated rings. The molecule has 1 rings (SSSR count). The molecule has 76 valence electrons. The van der Waals surface area contributed by atoms with Crippen molar-refractivity contribution >= 4 is 13.1 Å². The zero-order chi connectivity index (χ0) is 10.6. The summed E-state index contributed by atoms with van der Waals surface area (Å²) >= 11 is 0. The Morgan fingerprint density at radius 2 is 2.07 bits per heavy atom. The van der Waals surface area contributed by atoms with Crippen LogP contribution in [0.25, 0.3) is 6.08 Å². The molecule has 14 heavy (non-hydrogen) atoms. The minimum Gasteiger partial charge on any atom is -0.445 e. The molecule has 0 bridgehead atoms. The van der Waals surface area contributed by atoms with Crippen LogP contribution in [0.5, 0.6) is 0 Å². The Balaban J connectivity index is 2.82. The van der Waals surface area contributed by atoms with Gasteiger partial charge in [-0.15, -0.1) is 5.98 Å². The van der Waals surface area contributed by atoms with E-state index in [2.05, 4.69) is 4.98 Å². The molecule has 0 radical (unpaired) electrons. The van der Waals surface area contributed by atoms with E-state index in [0.29, 0.717) is 5.56 Å². The van der Waals surface area contributed by atoms with Gasteiger partial charge in [-0.3, -0.25) is 4.98 Å². The summed E-state index contributed by atoms with van der Waals surface area (Å²) in [5, 5.41) is 0. The first-order valence-corrected chi connectivity index (χ1v) is 4.34. The molecule has 1 heterocycles. The lowest BCUT2D eigenvalue weighted by Gasteiger charge is -2.06. The van der Waals surface area contributed by atoms with Crippen molar-refractivity contribution in [1.29, 1.82) is 0 Å². The quantitative estimate of drug-likeness (QED) is 0.683. The van der Waals surface area contributed by atoms with Gasteiger partial charge in [0, 0.05) is 12.4 Å². The largest absolute Gasteiger partial charge is 0.502 e. The van der Waals surface area contributed by atoms with Crippen molar-refractivity contribution in [2.45, 2.75) is 13.3 Å². The minimum absolute atomic E-state index is 0.274. The first-order chi connectivity index (χ1) is 6.51. The number of rotatable bonds is 3. The van der Waals surface area contributed by atoms with Gasteiger partial charge in [0.25, 0.3) is 0 Å². The zero-order valence-electron chi connectivity index (χ0n) is 7.75. The van der Waals surface area contributed by atoms with Gasteiger partial charge in [-0.25, -0.2) is 0 Å². The van der Waals surface area contributed by atoms with Crippen molar-refractivity contribution in [2.24, 2.45) is 0 Å². The van der Waals surface area contributed by atoms with Crippen molar-refractivity contribution in [1.82, 2.24) is 4.98 Å². The molecular formula is C9H10BF3N-. The molecule has 1 aromatic heterocycles. The second-order valence-electron chi connectivity index (χ2n) is 2.96. The van der Waals surface area contributed by atoms with Crippen LogP contribution in [0.4, 0.5) is 12.9 Å². The van der Waals surface area contributed by atoms with Crippen LogP contribution in [0.1, 0.15) is 18.1 Å². The number of aromatic nitrogens is 1. The lowest BCUT2D eigenvalue weighted by Crippen LogP contribution is -2.09. The van der Waals surface area contributed by atoms with E-state index in [9.17, 15) is 12.9 Å². The number of nitrogens with zero attached hydrogens (tertiary/aromatic N) is 1. The van der Waals surface area contributed by atoms with Crippen molar-refractivity contribution in [3.63, 3.8) is 0 Å². The number of pyridine rings is 1. The molecule has 0 unspecified atom stereocenters. The molecule has 0 aliphatic heterocycles. The molecule has 0 saturated carbocycles. The van der Waals surface area contributed by atoms with Crippen LogP contribution in [0.2, 0.25) is 0 Å². The monoisotopic (exact) mass is 200 g/mol. The smallest absolute Gasteiger partial charge is 0.445 e. The first-order valence-electron chi connectivity index (χ1n) is 4.34. The highest BCUT2D eigenvalue weighted by Gasteiger charge is 2.16. The average Bonchev–Trinajstić information content (AvgIpc) is 2.14. The van der Waals surface area contributed by atoms with Gasteiger partial charge < -0.3 is 12.9 Å². The maximum absolute atomic E-state index is 11.9. The van der Waals surface area contributed by atoms with Crippen LogP contribution >= 0.6 is 0 Å². The first kappa shape index (κ1) is 10.8. The molecule has 0 amide bonds. The Kier molecular flexibility index (Phi) is 3.33. The molecule has 0 N–H and O–H groups in total. The Bertz CT molecular complexity index is 333. The van der Waals surface area contributed by atoms with Crippen LogP contribution in [0, 0.1) is 0 Å². The number of hydrogen-bond acceptors (Lipinski definition) is 1. The van der Waals surface area contributed by atoms with Gasteiger partial charge in [-0.1, -0.05) is 13.0 Å². The molecule has 0 atom stereocenters. The summed E-state index contributed by atoms with van der Waals surface area (Å²) < 4.78 is 35.6. The zero-order valence-corrected chi connectivity index (χ0v) is 7.75. The minimum atomic E-state index is -4.85. The molecule has 1 nitrogen and oxygen atoms in total. The maximum Gasteiger partial charge on any atom is 0.502 e. The predicted molar refractivity (Wildman–Crippen MR) is 51.7 cm³/mol. The second kappa shape index (κ2) is 4.31. The Labute approximate surface area is 80.7 Å². The number of halogens is 3. The van der Waals surface area contributed by atoms with E-state index in [4.69, 9.17) is 0 Å². The summed E-state index contributed by atoms with van der Waals surface area (Å²) in [6, 6.07) is 1.70. The third-order valence-corrected chi connectivity index (χ3v) is 1.73. The van der Waals surface area contributed by atoms with Crippen LogP contribution in [0.3, 0.4) is 0 Å². The normalized spacial score (nSPS) is 12.3. The standard InChI is InChI=1S/C9H10BF3N/c1-2-8-5-9(7-14-6-8)3-4-10(11,12)13/h3-7H,2H2,1H3/q-1/b4-3+. The van der Waals surface area contributed by atoms with E-state index in [1.165, 1.54) is 6.20 Å². The topological polar surface area (TPSA) is 12.9 Å². The molecule has 0 aromatic carbocycles. The van der Waals surface area contributed by atoms with Crippen LogP contribution < -0.4 is 0 Å². The average molecular weight is 200 g/mol. The third-order valence-electron chi connectivity index (χ3n) is 1.73. The lowest BCUT2D eigenvalue weighted by atomic mass is 9.91. The van der Waals surface area contributed by atoms with Crippen molar-refractivity contribution in [3.8, 4) is 0 Å². The summed E-state index contributed by atoms with van der Waals surface area (Å²) in [7, 11) is 0. The van der Waals surface area contributed by atoms with Crippen molar-refractivity contribution in [2.75, 3.05) is 0 Å². The SMILES string of the molecule is CCc1cncc(/C=C/[B-](F)(F)F)c1. The fourth-order valence-corrected chi connectivity index (χ4v) is 1.01. The van der Waals surface area contributed by atoms with E-state index in [1.807, 2.05) is 6.92 Å². The van der Waals surface area contributed by atoms with E-state index in [-0.39, 0.29) is 5.98 Å². The number of aryl methyl sites for hydroxylation is 1. The molecule has 0 aliphatic carbocycles. The molecule has 5 heteroatoms. The van der Waals surface area contributed by atoms with E-state index >= 15 is 0 Å². The van der Waals surface area contributed by atoms with Gasteiger partial charge in [-0.05, 0) is 23.6 Å². The summed E-state index contributed by atoms with van der Waals surface area (Å²) in [5.74, 6) is 0.274. The van der Waals surface area contributed by atoms with Crippen LogP contribution in [0.15, 0.2) is 24.4 Å². The van der Waals surface area contributed by atoms with Gasteiger partial charge in [-0.2, -0.15) is 0 Å². The van der Waals surface area contributed by atoms with Gasteiger partial charge in [0.2, 0.25) is 0 Å². The summed E-state index contributed by atoms with van der Waals surface area (Å²) in [4.78, 5) is 3.84. The lowest BCUT2D eigenvalue weighted by molar-refractivity contribution is 0.499. The fraction of sp³-hybridized carbons (Fsp3) is 0.222. The van der Waals surface area contributed by atoms with Gasteiger partial charge in [0.1, 0.15) is 0 Å². The number of hydrogen-bond donors (Lipinski definition) is 0. The molecule has 0 spiro atoms. The molecule has 1 aromatic rings. The summed E-state index contributed by atoms with van der Waals surface area (Å²) in [5.41, 5.74) is 1.42. The van der Waals surface area contributed by atoms with E-state index in [1.54, 1.807) is 12.3 Å². The van der Waals surface area contributed by atoms with Crippen LogP contribution in [-0.4, -0.2) is 12.0 Å². The Hall–Kier alpha value is -1.26. The Morgan fingerprint density at radius 1 is 1.36 bits per heavy atom. The van der Waals surface area contributed by atoms with E-state index in [0.717, 1.165) is 18.1 Å². The highest BCUT2D eigenvalue weighted by molar-refractivity contribution is 6.64. The molecule has 0 aliphatic rings. The van der Waals surface area contributed by atoms with Crippen molar-refractivity contribution in [3.05, 3.63) is 35.6 Å². The molecular weight excluding hydrogens is 190 g/mol. The van der Waals surface area contributed by atoms with E-state index < -0.39 is 6.98 Å². The van der Waals surface area contributed by atoms with Gasteiger partial charge in [0.05, 0.1) is 0 Å². The molecule has 0 saturated heterocycles. The fourth-order valence-electron chi connectivity index (χ4n) is 1.01. The summed E-state index contributed by atoms with van der Waals surface area (Å²) in [6.45, 7) is -2.92. The second-order valence-corrected chi connectivity index (χ2v) is 2.96. The predicted octanol–water partition coefficient (Wildman–Crippen LogP) is 3.04. The maximum atomic E-state index is 11.9. The van der Waals surface area contributed by atoms with Crippen LogP contribution in [-0.2, 0) is 6.42 Å². The van der Waals surface area contributed by atoms with Crippen molar-refractivity contribution < 1.29 is 12.9 Å². The van der Waals surface area contributed by atoms with Gasteiger partial charge >= 0.3 is 6.98 Å². The third kappa shape index (κ3) is 3.64. The highest BCUT2D eigenvalue weighted by Crippen LogP contribution is 2.13. The van der Waals surface area contributed by atoms with Gasteiger partial charge in [0.15, 0.2) is 0 Å².